The normalized spacial score (nSPS) is 17.8. The van der Waals surface area contributed by atoms with Crippen LogP contribution in [0.15, 0.2) is 0 Å². The molecule has 4 unspecified atom stereocenters. The first-order valence-corrected chi connectivity index (χ1v) is 11.6. The first-order valence-electron chi connectivity index (χ1n) is 11.6. The van der Waals surface area contributed by atoms with Crippen LogP contribution in [0, 0.1) is 0 Å². The Morgan fingerprint density at radius 2 is 1.49 bits per heavy atom. The third kappa shape index (κ3) is 10.3. The van der Waals surface area contributed by atoms with Crippen LogP contribution in [0.3, 0.4) is 0 Å². The van der Waals surface area contributed by atoms with Crippen molar-refractivity contribution in [2.24, 2.45) is 22.9 Å². The van der Waals surface area contributed by atoms with E-state index in [-0.39, 0.29) is 38.6 Å². The van der Waals surface area contributed by atoms with Gasteiger partial charge in [0.25, 0.3) is 0 Å². The molecule has 1 saturated heterocycles. The van der Waals surface area contributed by atoms with Gasteiger partial charge in [-0.05, 0) is 51.5 Å². The molecular weight excluding hydrogens is 462 g/mol. The van der Waals surface area contributed by atoms with Gasteiger partial charge in [-0.15, -0.1) is 0 Å². The predicted molar refractivity (Wildman–Crippen MR) is 124 cm³/mol. The van der Waals surface area contributed by atoms with Crippen LogP contribution in [-0.2, 0) is 28.8 Å². The number of aliphatic carboxylic acids is 1. The Kier molecular flexibility index (Phi) is 12.7. The number of carbonyl (C=O) groups excluding carboxylic acids is 5. The highest BCUT2D eigenvalue weighted by Gasteiger charge is 2.38. The van der Waals surface area contributed by atoms with E-state index >= 15 is 0 Å². The zero-order valence-corrected chi connectivity index (χ0v) is 19.7. The first-order chi connectivity index (χ1) is 16.5. The maximum absolute atomic E-state index is 13.1. The molecule has 1 rings (SSSR count). The lowest BCUT2D eigenvalue weighted by Gasteiger charge is -2.29. The SMILES string of the molecule is NCCCCC(NC(=O)C(CCC(N)=O)NC(=O)C(N)CCC(N)=O)C(=O)N1CCCC1C(=O)O. The summed E-state index contributed by atoms with van der Waals surface area (Å²) in [5.74, 6) is -4.51. The second-order valence-corrected chi connectivity index (χ2v) is 8.55. The average molecular weight is 500 g/mol. The van der Waals surface area contributed by atoms with E-state index in [2.05, 4.69) is 10.6 Å². The van der Waals surface area contributed by atoms with E-state index in [1.807, 2.05) is 0 Å². The van der Waals surface area contributed by atoms with E-state index in [4.69, 9.17) is 22.9 Å². The minimum absolute atomic E-state index is 0.0446. The Labute approximate surface area is 203 Å². The number of likely N-dealkylation sites (tertiary alicyclic amines) is 1. The van der Waals surface area contributed by atoms with Crippen molar-refractivity contribution in [2.75, 3.05) is 13.1 Å². The fourth-order valence-electron chi connectivity index (χ4n) is 3.77. The summed E-state index contributed by atoms with van der Waals surface area (Å²) in [7, 11) is 0. The van der Waals surface area contributed by atoms with Gasteiger partial charge >= 0.3 is 5.97 Å². The summed E-state index contributed by atoms with van der Waals surface area (Å²) in [6, 6.07) is -4.40. The topological polar surface area (TPSA) is 254 Å². The van der Waals surface area contributed by atoms with E-state index in [1.54, 1.807) is 0 Å². The van der Waals surface area contributed by atoms with Gasteiger partial charge in [-0.25, -0.2) is 4.79 Å². The highest BCUT2D eigenvalue weighted by atomic mass is 16.4. The number of amides is 5. The molecular formula is C21H37N7O7. The summed E-state index contributed by atoms with van der Waals surface area (Å²) in [6.45, 7) is 0.617. The van der Waals surface area contributed by atoms with E-state index < -0.39 is 59.7 Å². The van der Waals surface area contributed by atoms with Gasteiger partial charge in [-0.1, -0.05) is 0 Å². The van der Waals surface area contributed by atoms with Crippen molar-refractivity contribution in [1.82, 2.24) is 15.5 Å². The molecule has 0 aromatic rings. The minimum Gasteiger partial charge on any atom is -0.480 e. The summed E-state index contributed by atoms with van der Waals surface area (Å²) in [5.41, 5.74) is 21.5. The van der Waals surface area contributed by atoms with Gasteiger partial charge in [0.2, 0.25) is 29.5 Å². The Balaban J connectivity index is 2.99. The Bertz CT molecular complexity index is 792. The molecule has 0 saturated carbocycles. The molecule has 1 heterocycles. The van der Waals surface area contributed by atoms with Crippen molar-refractivity contribution in [3.8, 4) is 0 Å². The molecule has 0 aliphatic carbocycles. The quantitative estimate of drug-likeness (QED) is 0.107. The number of primary amides is 2. The number of nitrogens with one attached hydrogen (secondary N) is 2. The number of hydrogen-bond acceptors (Lipinski definition) is 8. The van der Waals surface area contributed by atoms with Gasteiger partial charge in [-0.3, -0.25) is 24.0 Å². The van der Waals surface area contributed by atoms with Gasteiger partial charge in [0.05, 0.1) is 6.04 Å². The molecule has 4 atom stereocenters. The van der Waals surface area contributed by atoms with Crippen molar-refractivity contribution < 1.29 is 33.9 Å². The van der Waals surface area contributed by atoms with Crippen LogP contribution in [0.4, 0.5) is 0 Å². The molecule has 5 amide bonds. The van der Waals surface area contributed by atoms with E-state index in [0.717, 1.165) is 0 Å². The molecule has 35 heavy (non-hydrogen) atoms. The Morgan fingerprint density at radius 1 is 0.886 bits per heavy atom. The van der Waals surface area contributed by atoms with E-state index in [1.165, 1.54) is 4.90 Å². The van der Waals surface area contributed by atoms with Crippen molar-refractivity contribution >= 4 is 35.5 Å². The Morgan fingerprint density at radius 3 is 2.06 bits per heavy atom. The molecule has 14 nitrogen and oxygen atoms in total. The number of nitrogens with zero attached hydrogens (tertiary/aromatic N) is 1. The molecule has 198 valence electrons. The van der Waals surface area contributed by atoms with Gasteiger partial charge in [-0.2, -0.15) is 0 Å². The van der Waals surface area contributed by atoms with Crippen molar-refractivity contribution in [1.29, 1.82) is 0 Å². The molecule has 0 radical (unpaired) electrons. The number of carboxylic acid groups (broad SMARTS) is 1. The molecule has 0 aromatic carbocycles. The third-order valence-electron chi connectivity index (χ3n) is 5.73. The maximum atomic E-state index is 13.1. The molecule has 1 aliphatic heterocycles. The van der Waals surface area contributed by atoms with E-state index in [0.29, 0.717) is 32.2 Å². The highest BCUT2D eigenvalue weighted by Crippen LogP contribution is 2.20. The molecule has 1 fully saturated rings. The van der Waals surface area contributed by atoms with Gasteiger partial charge in [0.15, 0.2) is 0 Å². The van der Waals surface area contributed by atoms with Gasteiger partial charge < -0.3 is 43.6 Å². The first kappa shape index (κ1) is 29.8. The van der Waals surface area contributed by atoms with Crippen LogP contribution in [0.2, 0.25) is 0 Å². The van der Waals surface area contributed by atoms with Crippen molar-refractivity contribution in [2.45, 2.75) is 82.0 Å². The number of rotatable bonds is 16. The van der Waals surface area contributed by atoms with Crippen LogP contribution in [0.25, 0.3) is 0 Å². The van der Waals surface area contributed by atoms with E-state index in [9.17, 15) is 33.9 Å². The number of unbranched alkanes of at least 4 members (excludes halogenated alkanes) is 1. The fraction of sp³-hybridized carbons (Fsp3) is 0.714. The molecule has 0 spiro atoms. The largest absolute Gasteiger partial charge is 0.480 e. The summed E-state index contributed by atoms with van der Waals surface area (Å²) in [5, 5.41) is 14.4. The third-order valence-corrected chi connectivity index (χ3v) is 5.73. The number of hydrogen-bond donors (Lipinski definition) is 7. The smallest absolute Gasteiger partial charge is 0.326 e. The average Bonchev–Trinajstić information content (AvgIpc) is 3.29. The van der Waals surface area contributed by atoms with Crippen LogP contribution in [0.5, 0.6) is 0 Å². The molecule has 1 aliphatic rings. The number of nitrogens with two attached hydrogens (primary N) is 4. The fourth-order valence-corrected chi connectivity index (χ4v) is 3.77. The van der Waals surface area contributed by atoms with Crippen LogP contribution < -0.4 is 33.6 Å². The Hall–Kier alpha value is -3.26. The summed E-state index contributed by atoms with van der Waals surface area (Å²) in [4.78, 5) is 73.6. The lowest BCUT2D eigenvalue weighted by Crippen LogP contribution is -2.57. The molecule has 14 heteroatoms. The zero-order chi connectivity index (χ0) is 26.5. The number of carboxylic acids is 1. The lowest BCUT2D eigenvalue weighted by molar-refractivity contribution is -0.149. The maximum Gasteiger partial charge on any atom is 0.326 e. The molecule has 0 bridgehead atoms. The molecule has 0 aromatic heterocycles. The second-order valence-electron chi connectivity index (χ2n) is 8.55. The summed E-state index contributed by atoms with van der Waals surface area (Å²) in [6.07, 6.45) is 1.56. The standard InChI is InChI=1S/C21H37N7O7/c22-10-2-1-4-14(20(33)28-11-3-5-15(28)21(34)35)27-19(32)13(7-9-17(25)30)26-18(31)12(23)6-8-16(24)29/h12-15H,1-11,22-23H2,(H2,24,29)(H2,25,30)(H,26,31)(H,27,32)(H,34,35). The summed E-state index contributed by atoms with van der Waals surface area (Å²) >= 11 is 0. The van der Waals surface area contributed by atoms with Crippen LogP contribution in [-0.4, -0.2) is 82.8 Å². The lowest BCUT2D eigenvalue weighted by atomic mass is 10.0. The molecule has 11 N–H and O–H groups in total. The monoisotopic (exact) mass is 499 g/mol. The van der Waals surface area contributed by atoms with Crippen molar-refractivity contribution in [3.63, 3.8) is 0 Å². The summed E-state index contributed by atoms with van der Waals surface area (Å²) < 4.78 is 0. The second kappa shape index (κ2) is 14.9. The highest BCUT2D eigenvalue weighted by molar-refractivity contribution is 5.94. The van der Waals surface area contributed by atoms with Crippen molar-refractivity contribution in [3.05, 3.63) is 0 Å². The van der Waals surface area contributed by atoms with Crippen LogP contribution >= 0.6 is 0 Å². The van der Waals surface area contributed by atoms with Crippen LogP contribution in [0.1, 0.15) is 57.8 Å². The minimum atomic E-state index is -1.24. The number of carbonyl (C=O) groups is 6. The van der Waals surface area contributed by atoms with Gasteiger partial charge in [0.1, 0.15) is 18.1 Å². The van der Waals surface area contributed by atoms with Gasteiger partial charge in [0, 0.05) is 19.4 Å². The zero-order valence-electron chi connectivity index (χ0n) is 19.7. The predicted octanol–water partition coefficient (Wildman–Crippen LogP) is -2.98.